The van der Waals surface area contributed by atoms with Crippen LogP contribution in [0.1, 0.15) is 10.5 Å². The highest BCUT2D eigenvalue weighted by Crippen LogP contribution is 2.23. The molecule has 0 spiro atoms. The molecule has 76 valence electrons. The maximum atomic E-state index is 11.5. The number of aromatic nitrogens is 1. The number of aromatic hydroxyl groups is 1. The lowest BCUT2D eigenvalue weighted by Crippen LogP contribution is -2.19. The van der Waals surface area contributed by atoms with E-state index in [4.69, 9.17) is 5.73 Å². The fourth-order valence-electron chi connectivity index (χ4n) is 1.44. The molecule has 0 aliphatic carbocycles. The lowest BCUT2D eigenvalue weighted by Gasteiger charge is -2.03. The van der Waals surface area contributed by atoms with Gasteiger partial charge in [-0.3, -0.25) is 9.59 Å². The highest BCUT2D eigenvalue weighted by molar-refractivity contribution is 6.00. The van der Waals surface area contributed by atoms with Gasteiger partial charge in [-0.1, -0.05) is 18.2 Å². The number of nitrogens with two attached hydrogens (primary N) is 1. The van der Waals surface area contributed by atoms with Gasteiger partial charge in [0.15, 0.2) is 5.75 Å². The smallest absolute Gasteiger partial charge is 0.269 e. The van der Waals surface area contributed by atoms with Crippen LogP contribution in [-0.4, -0.2) is 16.0 Å². The molecule has 0 unspecified atom stereocenters. The van der Waals surface area contributed by atoms with Gasteiger partial charge in [0.2, 0.25) is 0 Å². The largest absolute Gasteiger partial charge is 0.505 e. The highest BCUT2D eigenvalue weighted by Gasteiger charge is 2.13. The number of fused-ring (bicyclic) bond motifs is 1. The number of rotatable bonds is 1. The fourth-order valence-corrected chi connectivity index (χ4v) is 1.44. The first-order chi connectivity index (χ1) is 7.11. The summed E-state index contributed by atoms with van der Waals surface area (Å²) in [5.41, 5.74) is 4.29. The van der Waals surface area contributed by atoms with Crippen LogP contribution in [0, 0.1) is 0 Å². The predicted molar refractivity (Wildman–Crippen MR) is 54.8 cm³/mol. The van der Waals surface area contributed by atoms with E-state index in [0.717, 1.165) is 0 Å². The Balaban J connectivity index is 2.97. The molecule has 1 aromatic heterocycles. The quantitative estimate of drug-likeness (QED) is 0.624. The Labute approximate surface area is 84.2 Å². The second-order valence-corrected chi connectivity index (χ2v) is 3.09. The Morgan fingerprint density at radius 2 is 1.87 bits per heavy atom. The zero-order chi connectivity index (χ0) is 11.0. The van der Waals surface area contributed by atoms with Gasteiger partial charge in [-0.25, -0.2) is 0 Å². The zero-order valence-corrected chi connectivity index (χ0v) is 7.65. The molecule has 2 rings (SSSR count). The summed E-state index contributed by atoms with van der Waals surface area (Å²) in [6, 6.07) is 6.43. The van der Waals surface area contributed by atoms with Crippen LogP contribution in [0.25, 0.3) is 10.8 Å². The molecule has 15 heavy (non-hydrogen) atoms. The molecule has 4 N–H and O–H groups in total. The van der Waals surface area contributed by atoms with E-state index < -0.39 is 11.5 Å². The number of amides is 1. The zero-order valence-electron chi connectivity index (χ0n) is 7.65. The van der Waals surface area contributed by atoms with Crippen molar-refractivity contribution in [3.63, 3.8) is 0 Å². The number of hydrogen-bond acceptors (Lipinski definition) is 3. The molecule has 0 fully saturated rings. The van der Waals surface area contributed by atoms with Crippen LogP contribution >= 0.6 is 0 Å². The number of carbonyl (C=O) groups is 1. The van der Waals surface area contributed by atoms with Gasteiger partial charge in [-0.15, -0.1) is 0 Å². The first-order valence-corrected chi connectivity index (χ1v) is 4.25. The third kappa shape index (κ3) is 1.34. The predicted octanol–water partition coefficient (Wildman–Crippen LogP) is 0.333. The third-order valence-electron chi connectivity index (χ3n) is 2.15. The van der Waals surface area contributed by atoms with Crippen molar-refractivity contribution in [3.05, 3.63) is 40.3 Å². The lowest BCUT2D eigenvalue weighted by molar-refractivity contribution is 0.0993. The molecule has 2 aromatic rings. The number of benzene rings is 1. The first kappa shape index (κ1) is 9.26. The monoisotopic (exact) mass is 204 g/mol. The summed E-state index contributed by atoms with van der Waals surface area (Å²) in [6.45, 7) is 0. The molecule has 5 nitrogen and oxygen atoms in total. The Hall–Kier alpha value is -2.30. The molecular weight excluding hydrogens is 196 g/mol. The minimum absolute atomic E-state index is 0.265. The summed E-state index contributed by atoms with van der Waals surface area (Å²) in [6.07, 6.45) is 0. The van der Waals surface area contributed by atoms with Gasteiger partial charge in [0, 0.05) is 5.39 Å². The third-order valence-corrected chi connectivity index (χ3v) is 2.15. The normalized spacial score (nSPS) is 10.4. The average Bonchev–Trinajstić information content (AvgIpc) is 2.23. The Morgan fingerprint density at radius 3 is 2.47 bits per heavy atom. The van der Waals surface area contributed by atoms with Gasteiger partial charge >= 0.3 is 0 Å². The van der Waals surface area contributed by atoms with E-state index in [1.807, 2.05) is 0 Å². The Bertz CT molecular complexity index is 601. The Morgan fingerprint density at radius 1 is 1.27 bits per heavy atom. The second kappa shape index (κ2) is 3.13. The molecule has 1 amide bonds. The molecule has 0 saturated carbocycles. The average molecular weight is 204 g/mol. The standard InChI is InChI=1S/C10H8N2O3/c11-9(14)7-8(13)5-3-1-2-4-6(5)10(15)12-7/h1-4,13H,(H2,11,14)(H,12,15). The summed E-state index contributed by atoms with van der Waals surface area (Å²) in [4.78, 5) is 24.6. The minimum atomic E-state index is -0.865. The highest BCUT2D eigenvalue weighted by atomic mass is 16.3. The lowest BCUT2D eigenvalue weighted by atomic mass is 10.1. The summed E-state index contributed by atoms with van der Waals surface area (Å²) < 4.78 is 0. The van der Waals surface area contributed by atoms with E-state index in [1.165, 1.54) is 0 Å². The van der Waals surface area contributed by atoms with E-state index >= 15 is 0 Å². The molecular formula is C10H8N2O3. The molecule has 0 aliphatic rings. The van der Waals surface area contributed by atoms with E-state index in [2.05, 4.69) is 4.98 Å². The molecule has 0 atom stereocenters. The summed E-state index contributed by atoms with van der Waals surface area (Å²) in [5.74, 6) is -1.16. The van der Waals surface area contributed by atoms with Crippen molar-refractivity contribution in [1.29, 1.82) is 0 Å². The molecule has 0 radical (unpaired) electrons. The van der Waals surface area contributed by atoms with Crippen molar-refractivity contribution >= 4 is 16.7 Å². The summed E-state index contributed by atoms with van der Waals surface area (Å²) in [7, 11) is 0. The maximum Gasteiger partial charge on any atom is 0.269 e. The number of hydrogen-bond donors (Lipinski definition) is 3. The number of primary amides is 1. The van der Waals surface area contributed by atoms with Crippen molar-refractivity contribution in [3.8, 4) is 5.75 Å². The van der Waals surface area contributed by atoms with Gasteiger partial charge in [0.25, 0.3) is 11.5 Å². The van der Waals surface area contributed by atoms with Crippen LogP contribution in [0.15, 0.2) is 29.1 Å². The second-order valence-electron chi connectivity index (χ2n) is 3.09. The van der Waals surface area contributed by atoms with Crippen LogP contribution in [0.3, 0.4) is 0 Å². The van der Waals surface area contributed by atoms with Gasteiger partial charge < -0.3 is 15.8 Å². The SMILES string of the molecule is NC(=O)c1[nH]c(=O)c2ccccc2c1O. The van der Waals surface area contributed by atoms with Gasteiger partial charge in [-0.2, -0.15) is 0 Å². The number of pyridine rings is 1. The van der Waals surface area contributed by atoms with Crippen LogP contribution < -0.4 is 11.3 Å². The number of nitrogens with one attached hydrogen (secondary N) is 1. The topological polar surface area (TPSA) is 96.2 Å². The van der Waals surface area contributed by atoms with Crippen molar-refractivity contribution in [2.75, 3.05) is 0 Å². The van der Waals surface area contributed by atoms with Crippen LogP contribution in [0.5, 0.6) is 5.75 Å². The molecule has 5 heteroatoms. The van der Waals surface area contributed by atoms with Crippen LogP contribution in [0.4, 0.5) is 0 Å². The Kier molecular flexibility index (Phi) is 1.93. The molecule has 0 saturated heterocycles. The van der Waals surface area contributed by atoms with Crippen LogP contribution in [-0.2, 0) is 0 Å². The summed E-state index contributed by atoms with van der Waals surface area (Å²) >= 11 is 0. The van der Waals surface area contributed by atoms with Crippen molar-refractivity contribution in [2.45, 2.75) is 0 Å². The van der Waals surface area contributed by atoms with Gasteiger partial charge in [-0.05, 0) is 6.07 Å². The first-order valence-electron chi connectivity index (χ1n) is 4.25. The maximum absolute atomic E-state index is 11.5. The van der Waals surface area contributed by atoms with E-state index in [-0.39, 0.29) is 11.4 Å². The molecule has 0 bridgehead atoms. The van der Waals surface area contributed by atoms with Crippen molar-refractivity contribution < 1.29 is 9.90 Å². The molecule has 1 aromatic carbocycles. The van der Waals surface area contributed by atoms with E-state index in [0.29, 0.717) is 10.8 Å². The number of aromatic amines is 1. The van der Waals surface area contributed by atoms with Gasteiger partial charge in [0.1, 0.15) is 5.69 Å². The number of carbonyl (C=O) groups excluding carboxylic acids is 1. The van der Waals surface area contributed by atoms with Crippen molar-refractivity contribution in [1.82, 2.24) is 4.98 Å². The van der Waals surface area contributed by atoms with Gasteiger partial charge in [0.05, 0.1) is 5.39 Å². The van der Waals surface area contributed by atoms with E-state index in [1.54, 1.807) is 24.3 Å². The van der Waals surface area contributed by atoms with E-state index in [9.17, 15) is 14.7 Å². The number of H-pyrrole nitrogens is 1. The van der Waals surface area contributed by atoms with Crippen LogP contribution in [0.2, 0.25) is 0 Å². The van der Waals surface area contributed by atoms with Crippen molar-refractivity contribution in [2.24, 2.45) is 5.73 Å². The molecule has 0 aliphatic heterocycles. The summed E-state index contributed by atoms with van der Waals surface area (Å²) in [5, 5.41) is 10.3. The molecule has 1 heterocycles. The fraction of sp³-hybridized carbons (Fsp3) is 0. The minimum Gasteiger partial charge on any atom is -0.505 e.